The molecule has 0 saturated heterocycles. The van der Waals surface area contributed by atoms with Crippen molar-refractivity contribution in [2.75, 3.05) is 26.8 Å². The van der Waals surface area contributed by atoms with Crippen LogP contribution in [0.25, 0.3) is 0 Å². The predicted molar refractivity (Wildman–Crippen MR) is 44.8 cm³/mol. The molecule has 0 unspecified atom stereocenters. The number of nitrogens with zero attached hydrogens (tertiary/aromatic N) is 1. The quantitative estimate of drug-likeness (QED) is 0.358. The number of amides is 1. The summed E-state index contributed by atoms with van der Waals surface area (Å²) in [7, 11) is 1.57. The number of hydrogen-bond acceptors (Lipinski definition) is 4. The van der Waals surface area contributed by atoms with Crippen molar-refractivity contribution in [1.82, 2.24) is 5.32 Å². The van der Waals surface area contributed by atoms with E-state index in [4.69, 9.17) is 4.74 Å². The molecule has 0 aromatic carbocycles. The van der Waals surface area contributed by atoms with Crippen LogP contribution in [0.1, 0.15) is 0 Å². The average Bonchev–Trinajstić information content (AvgIpc) is 2.01. The van der Waals surface area contributed by atoms with E-state index in [1.807, 2.05) is 0 Å². The number of methoxy groups -OCH3 is 1. The Morgan fingerprint density at radius 1 is 1.82 bits per heavy atom. The lowest BCUT2D eigenvalue weighted by molar-refractivity contribution is -0.119. The maximum atomic E-state index is 10.7. The molecule has 0 fully saturated rings. The van der Waals surface area contributed by atoms with Crippen LogP contribution in [0.15, 0.2) is 4.99 Å². The highest BCUT2D eigenvalue weighted by atomic mass is 32.1. The lowest BCUT2D eigenvalue weighted by atomic mass is 10.5. The van der Waals surface area contributed by atoms with Crippen LogP contribution < -0.4 is 5.32 Å². The highest BCUT2D eigenvalue weighted by Crippen LogP contribution is 1.70. The Balaban J connectivity index is 3.29. The van der Waals surface area contributed by atoms with Crippen molar-refractivity contribution >= 4 is 23.3 Å². The first-order valence-electron chi connectivity index (χ1n) is 3.10. The van der Waals surface area contributed by atoms with Crippen LogP contribution in [0.5, 0.6) is 0 Å². The van der Waals surface area contributed by atoms with Gasteiger partial charge in [0.1, 0.15) is 6.54 Å². The summed E-state index contributed by atoms with van der Waals surface area (Å²) in [5, 5.41) is 4.68. The van der Waals surface area contributed by atoms with Crippen LogP contribution >= 0.6 is 12.2 Å². The number of aliphatic imine (C=N–C) groups is 1. The van der Waals surface area contributed by atoms with Gasteiger partial charge in [0.2, 0.25) is 5.91 Å². The Hall–Kier alpha value is -0.770. The van der Waals surface area contributed by atoms with Gasteiger partial charge in [0, 0.05) is 13.7 Å². The molecule has 0 aliphatic rings. The number of carbonyl (C=O) groups is 1. The topological polar surface area (TPSA) is 50.7 Å². The van der Waals surface area contributed by atoms with Gasteiger partial charge in [-0.25, -0.2) is 4.99 Å². The van der Waals surface area contributed by atoms with Crippen molar-refractivity contribution in [3.63, 3.8) is 0 Å². The third-order valence-electron chi connectivity index (χ3n) is 0.916. The average molecular weight is 174 g/mol. The van der Waals surface area contributed by atoms with Crippen LogP contribution in [-0.2, 0) is 9.53 Å². The summed E-state index contributed by atoms with van der Waals surface area (Å²) in [6.07, 6.45) is 0. The first-order valence-corrected chi connectivity index (χ1v) is 3.51. The lowest BCUT2D eigenvalue weighted by Crippen LogP contribution is -2.28. The zero-order valence-corrected chi connectivity index (χ0v) is 7.11. The molecule has 0 spiro atoms. The molecule has 0 radical (unpaired) electrons. The van der Waals surface area contributed by atoms with E-state index in [2.05, 4.69) is 27.7 Å². The Kier molecular flexibility index (Phi) is 6.82. The number of rotatable bonds is 5. The van der Waals surface area contributed by atoms with Crippen LogP contribution in [-0.4, -0.2) is 37.9 Å². The van der Waals surface area contributed by atoms with Crippen molar-refractivity contribution in [1.29, 1.82) is 0 Å². The van der Waals surface area contributed by atoms with E-state index in [0.29, 0.717) is 13.2 Å². The molecule has 0 bridgehead atoms. The Labute approximate surface area is 70.6 Å². The van der Waals surface area contributed by atoms with E-state index < -0.39 is 0 Å². The maximum absolute atomic E-state index is 10.7. The van der Waals surface area contributed by atoms with Gasteiger partial charge in [0.15, 0.2) is 0 Å². The first kappa shape index (κ1) is 10.2. The molecule has 0 aromatic rings. The molecule has 0 rings (SSSR count). The molecular formula is C6H10N2O2S. The number of nitrogens with one attached hydrogen (secondary N) is 1. The van der Waals surface area contributed by atoms with Crippen LogP contribution in [0.2, 0.25) is 0 Å². The highest BCUT2D eigenvalue weighted by Gasteiger charge is 1.95. The van der Waals surface area contributed by atoms with Gasteiger partial charge in [-0.15, -0.1) is 0 Å². The lowest BCUT2D eigenvalue weighted by Gasteiger charge is -1.99. The smallest absolute Gasteiger partial charge is 0.242 e. The molecule has 62 valence electrons. The van der Waals surface area contributed by atoms with Gasteiger partial charge in [0.05, 0.1) is 11.8 Å². The normalized spacial score (nSPS) is 8.45. The van der Waals surface area contributed by atoms with E-state index in [0.717, 1.165) is 0 Å². The van der Waals surface area contributed by atoms with Crippen LogP contribution in [0.4, 0.5) is 0 Å². The van der Waals surface area contributed by atoms with Crippen molar-refractivity contribution in [3.8, 4) is 0 Å². The minimum atomic E-state index is -0.167. The van der Waals surface area contributed by atoms with Crippen LogP contribution in [0, 0.1) is 0 Å². The fourth-order valence-corrected chi connectivity index (χ4v) is 0.517. The second-order valence-electron chi connectivity index (χ2n) is 1.75. The van der Waals surface area contributed by atoms with E-state index in [1.54, 1.807) is 7.11 Å². The molecule has 4 nitrogen and oxygen atoms in total. The second kappa shape index (κ2) is 7.34. The van der Waals surface area contributed by atoms with Gasteiger partial charge in [-0.3, -0.25) is 4.79 Å². The third kappa shape index (κ3) is 7.12. The molecule has 5 heteroatoms. The molecule has 0 aliphatic heterocycles. The summed E-state index contributed by atoms with van der Waals surface area (Å²) < 4.78 is 4.72. The van der Waals surface area contributed by atoms with Gasteiger partial charge >= 0.3 is 0 Å². The minimum Gasteiger partial charge on any atom is -0.383 e. The van der Waals surface area contributed by atoms with Gasteiger partial charge in [0.25, 0.3) is 0 Å². The first-order chi connectivity index (χ1) is 5.31. The zero-order chi connectivity index (χ0) is 8.53. The van der Waals surface area contributed by atoms with Crippen molar-refractivity contribution in [3.05, 3.63) is 0 Å². The van der Waals surface area contributed by atoms with Crippen LogP contribution in [0.3, 0.4) is 0 Å². The van der Waals surface area contributed by atoms with E-state index in [9.17, 15) is 4.79 Å². The molecular weight excluding hydrogens is 164 g/mol. The Morgan fingerprint density at radius 3 is 3.09 bits per heavy atom. The fraction of sp³-hybridized carbons (Fsp3) is 0.667. The van der Waals surface area contributed by atoms with Crippen molar-refractivity contribution < 1.29 is 9.53 Å². The summed E-state index contributed by atoms with van der Waals surface area (Å²) in [6, 6.07) is 0. The second-order valence-corrected chi connectivity index (χ2v) is 1.93. The summed E-state index contributed by atoms with van der Waals surface area (Å²) in [5.41, 5.74) is 0. The van der Waals surface area contributed by atoms with Gasteiger partial charge in [-0.1, -0.05) is 0 Å². The molecule has 1 N–H and O–H groups in total. The number of ether oxygens (including phenoxy) is 1. The van der Waals surface area contributed by atoms with Crippen molar-refractivity contribution in [2.45, 2.75) is 0 Å². The van der Waals surface area contributed by atoms with Gasteiger partial charge < -0.3 is 10.1 Å². The standard InChI is InChI=1S/C6H10N2O2S/c1-10-3-2-8-6(9)4-7-5-11/h2-4H2,1H3,(H,8,9). The molecule has 0 aromatic heterocycles. The predicted octanol–water partition coefficient (Wildman–Crippen LogP) is -0.148. The highest BCUT2D eigenvalue weighted by molar-refractivity contribution is 7.78. The number of thiocarbonyl (C=S) groups is 1. The molecule has 0 saturated carbocycles. The molecule has 0 heterocycles. The summed E-state index contributed by atoms with van der Waals surface area (Å²) >= 11 is 4.28. The van der Waals surface area contributed by atoms with E-state index >= 15 is 0 Å². The number of hydrogen-bond donors (Lipinski definition) is 1. The Bertz CT molecular complexity index is 166. The van der Waals surface area contributed by atoms with Gasteiger partial charge in [-0.2, -0.15) is 0 Å². The van der Waals surface area contributed by atoms with E-state index in [-0.39, 0.29) is 12.5 Å². The largest absolute Gasteiger partial charge is 0.383 e. The van der Waals surface area contributed by atoms with Gasteiger partial charge in [-0.05, 0) is 12.2 Å². The molecule has 0 aliphatic carbocycles. The molecule has 1 amide bonds. The monoisotopic (exact) mass is 174 g/mol. The third-order valence-corrected chi connectivity index (χ3v) is 1.04. The summed E-state index contributed by atoms with van der Waals surface area (Å²) in [6.45, 7) is 1.06. The SMILES string of the molecule is COCCNC(=O)CN=C=S. The molecule has 11 heavy (non-hydrogen) atoms. The number of isothiocyanates is 1. The maximum Gasteiger partial charge on any atom is 0.242 e. The summed E-state index contributed by atoms with van der Waals surface area (Å²) in [4.78, 5) is 14.2. The van der Waals surface area contributed by atoms with Crippen molar-refractivity contribution in [2.24, 2.45) is 4.99 Å². The van der Waals surface area contributed by atoms with E-state index in [1.165, 1.54) is 0 Å². The summed E-state index contributed by atoms with van der Waals surface area (Å²) in [5.74, 6) is -0.167. The Morgan fingerprint density at radius 2 is 2.55 bits per heavy atom. The zero-order valence-electron chi connectivity index (χ0n) is 6.29. The minimum absolute atomic E-state index is 0.0488. The fourth-order valence-electron chi connectivity index (χ4n) is 0.452. The number of carbonyl (C=O) groups excluding carboxylic acids is 1. The molecule has 0 atom stereocenters.